The maximum atomic E-state index is 13.4. The maximum Gasteiger partial charge on any atom is 0.257 e. The van der Waals surface area contributed by atoms with Crippen LogP contribution in [0.25, 0.3) is 32.9 Å². The molecule has 1 unspecified atom stereocenters. The van der Waals surface area contributed by atoms with E-state index in [2.05, 4.69) is 15.6 Å². The second-order valence-electron chi connectivity index (χ2n) is 10.5. The number of primary amides is 1. The fraction of sp³-hybridized carbons (Fsp3) is 0.0571. The van der Waals surface area contributed by atoms with Crippen LogP contribution in [0.2, 0.25) is 0 Å². The summed E-state index contributed by atoms with van der Waals surface area (Å²) in [6.45, 7) is 0.0799. The average Bonchev–Trinajstić information content (AvgIpc) is 3.43. The standard InChI is InChI=1S/C35H28FN5O4/c36-21-11-9-20(10-12-21)34(44)41-28-8-4-7-23(27(28)18-37)24-15-16-26(33(38)43)31-30(24)25-14-13-22(17-29(25)40-31)39-35(45)32(42)19-5-2-1-3-6-19/h1-17,32,40,42H,18,37H2,(H2,38,43)(H,39,45)(H,41,44). The van der Waals surface area contributed by atoms with Gasteiger partial charge >= 0.3 is 0 Å². The smallest absolute Gasteiger partial charge is 0.257 e. The number of aromatic nitrogens is 1. The number of anilines is 2. The molecule has 1 aromatic heterocycles. The zero-order chi connectivity index (χ0) is 31.7. The van der Waals surface area contributed by atoms with E-state index in [0.29, 0.717) is 38.9 Å². The molecule has 0 saturated carbocycles. The van der Waals surface area contributed by atoms with Crippen molar-refractivity contribution >= 4 is 50.9 Å². The van der Waals surface area contributed by atoms with Gasteiger partial charge in [0.15, 0.2) is 6.10 Å². The molecule has 0 saturated heterocycles. The molecule has 0 spiro atoms. The summed E-state index contributed by atoms with van der Waals surface area (Å²) in [5, 5.41) is 17.6. The van der Waals surface area contributed by atoms with Crippen LogP contribution in [0.5, 0.6) is 0 Å². The van der Waals surface area contributed by atoms with Crippen LogP contribution in [-0.2, 0) is 11.3 Å². The van der Waals surface area contributed by atoms with Gasteiger partial charge in [0, 0.05) is 39.8 Å². The minimum Gasteiger partial charge on any atom is -0.378 e. The van der Waals surface area contributed by atoms with Gasteiger partial charge in [0.1, 0.15) is 5.82 Å². The van der Waals surface area contributed by atoms with Crippen molar-refractivity contribution in [3.8, 4) is 11.1 Å². The molecule has 0 aliphatic rings. The number of carbonyl (C=O) groups is 3. The molecule has 1 heterocycles. The fourth-order valence-corrected chi connectivity index (χ4v) is 5.49. The molecule has 5 aromatic carbocycles. The molecule has 0 bridgehead atoms. The summed E-state index contributed by atoms with van der Waals surface area (Å²) in [4.78, 5) is 41.5. The Morgan fingerprint density at radius 1 is 0.844 bits per heavy atom. The van der Waals surface area contributed by atoms with E-state index in [0.717, 1.165) is 16.5 Å². The van der Waals surface area contributed by atoms with Crippen molar-refractivity contribution in [2.24, 2.45) is 11.5 Å². The number of amides is 3. The van der Waals surface area contributed by atoms with Crippen LogP contribution < -0.4 is 22.1 Å². The Morgan fingerprint density at radius 2 is 1.60 bits per heavy atom. The summed E-state index contributed by atoms with van der Waals surface area (Å²) in [5.41, 5.74) is 17.1. The number of carbonyl (C=O) groups excluding carboxylic acids is 3. The molecule has 9 nitrogen and oxygen atoms in total. The number of nitrogens with two attached hydrogens (primary N) is 2. The van der Waals surface area contributed by atoms with E-state index in [1.54, 1.807) is 72.8 Å². The number of aliphatic hydroxyl groups is 1. The van der Waals surface area contributed by atoms with E-state index in [-0.39, 0.29) is 17.7 Å². The number of hydrogen-bond acceptors (Lipinski definition) is 5. The van der Waals surface area contributed by atoms with Crippen molar-refractivity contribution in [3.63, 3.8) is 0 Å². The topological polar surface area (TPSA) is 163 Å². The number of H-pyrrole nitrogens is 1. The lowest BCUT2D eigenvalue weighted by atomic mass is 9.92. The Kier molecular flexibility index (Phi) is 7.82. The van der Waals surface area contributed by atoms with Gasteiger partial charge in [-0.15, -0.1) is 0 Å². The molecule has 224 valence electrons. The van der Waals surface area contributed by atoms with Crippen molar-refractivity contribution in [3.05, 3.63) is 131 Å². The molecule has 0 aliphatic heterocycles. The third kappa shape index (κ3) is 5.63. The highest BCUT2D eigenvalue weighted by atomic mass is 19.1. The van der Waals surface area contributed by atoms with Gasteiger partial charge in [-0.05, 0) is 70.8 Å². The molecule has 0 fully saturated rings. The van der Waals surface area contributed by atoms with Crippen LogP contribution in [0.3, 0.4) is 0 Å². The van der Waals surface area contributed by atoms with Gasteiger partial charge in [-0.2, -0.15) is 0 Å². The van der Waals surface area contributed by atoms with Gasteiger partial charge in [0.05, 0.1) is 11.1 Å². The van der Waals surface area contributed by atoms with Gasteiger partial charge in [-0.1, -0.05) is 54.6 Å². The largest absolute Gasteiger partial charge is 0.378 e. The normalized spacial score (nSPS) is 11.8. The molecule has 1 atom stereocenters. The van der Waals surface area contributed by atoms with Crippen molar-refractivity contribution in [2.75, 3.05) is 10.6 Å². The summed E-state index contributed by atoms with van der Waals surface area (Å²) >= 11 is 0. The zero-order valence-electron chi connectivity index (χ0n) is 23.8. The molecular weight excluding hydrogens is 573 g/mol. The number of fused-ring (bicyclic) bond motifs is 3. The quantitative estimate of drug-likeness (QED) is 0.133. The van der Waals surface area contributed by atoms with Crippen molar-refractivity contribution in [1.29, 1.82) is 0 Å². The lowest BCUT2D eigenvalue weighted by Crippen LogP contribution is -2.20. The monoisotopic (exact) mass is 601 g/mol. The van der Waals surface area contributed by atoms with Crippen LogP contribution in [-0.4, -0.2) is 27.8 Å². The van der Waals surface area contributed by atoms with Crippen LogP contribution in [0.15, 0.2) is 103 Å². The highest BCUT2D eigenvalue weighted by Crippen LogP contribution is 2.40. The molecular formula is C35H28FN5O4. The third-order valence-electron chi connectivity index (χ3n) is 7.68. The zero-order valence-corrected chi connectivity index (χ0v) is 23.8. The van der Waals surface area contributed by atoms with E-state index in [9.17, 15) is 23.9 Å². The van der Waals surface area contributed by atoms with E-state index < -0.39 is 29.6 Å². The first-order chi connectivity index (χ1) is 21.7. The van der Waals surface area contributed by atoms with Gasteiger partial charge in [0.2, 0.25) is 0 Å². The molecule has 3 amide bonds. The van der Waals surface area contributed by atoms with E-state index in [1.807, 2.05) is 6.07 Å². The second-order valence-corrected chi connectivity index (χ2v) is 10.5. The molecule has 6 aromatic rings. The molecule has 8 N–H and O–H groups in total. The Hall–Kier alpha value is -5.84. The fourth-order valence-electron chi connectivity index (χ4n) is 5.49. The highest BCUT2D eigenvalue weighted by Gasteiger charge is 2.21. The number of rotatable bonds is 8. The Balaban J connectivity index is 1.42. The lowest BCUT2D eigenvalue weighted by Gasteiger charge is -2.16. The number of hydrogen-bond donors (Lipinski definition) is 6. The van der Waals surface area contributed by atoms with Crippen LogP contribution in [0.4, 0.5) is 15.8 Å². The minimum atomic E-state index is -1.36. The van der Waals surface area contributed by atoms with E-state index >= 15 is 0 Å². The van der Waals surface area contributed by atoms with Crippen LogP contribution in [0, 0.1) is 5.82 Å². The Labute approximate surface area is 256 Å². The maximum absolute atomic E-state index is 13.4. The number of aliphatic hydroxyl groups excluding tert-OH is 1. The Bertz CT molecular complexity index is 2090. The SMILES string of the molecule is NCc1c(NC(=O)c2ccc(F)cc2)cccc1-c1ccc(C(N)=O)c2[nH]c3cc(NC(=O)C(O)c4ccccc4)ccc3c12. The van der Waals surface area contributed by atoms with Crippen LogP contribution in [0.1, 0.15) is 37.9 Å². The van der Waals surface area contributed by atoms with Gasteiger partial charge < -0.3 is 32.2 Å². The summed E-state index contributed by atoms with van der Waals surface area (Å²) in [6.07, 6.45) is -1.36. The highest BCUT2D eigenvalue weighted by molar-refractivity contribution is 6.20. The van der Waals surface area contributed by atoms with Crippen molar-refractivity contribution in [2.45, 2.75) is 12.6 Å². The number of halogens is 1. The van der Waals surface area contributed by atoms with Crippen LogP contribution >= 0.6 is 0 Å². The first-order valence-corrected chi connectivity index (χ1v) is 14.1. The molecule has 0 radical (unpaired) electrons. The van der Waals surface area contributed by atoms with Gasteiger partial charge in [-0.3, -0.25) is 14.4 Å². The van der Waals surface area contributed by atoms with Gasteiger partial charge in [-0.25, -0.2) is 4.39 Å². The van der Waals surface area contributed by atoms with E-state index in [1.165, 1.54) is 24.3 Å². The summed E-state index contributed by atoms with van der Waals surface area (Å²) < 4.78 is 13.4. The number of nitrogens with one attached hydrogen (secondary N) is 3. The first-order valence-electron chi connectivity index (χ1n) is 14.1. The predicted molar refractivity (Wildman–Crippen MR) is 172 cm³/mol. The Morgan fingerprint density at radius 3 is 2.31 bits per heavy atom. The van der Waals surface area contributed by atoms with Gasteiger partial charge in [0.25, 0.3) is 17.7 Å². The number of aromatic amines is 1. The molecule has 6 rings (SSSR count). The van der Waals surface area contributed by atoms with Crippen molar-refractivity contribution < 1.29 is 23.9 Å². The summed E-state index contributed by atoms with van der Waals surface area (Å²) in [5.74, 6) is -2.09. The second kappa shape index (κ2) is 12.0. The first kappa shape index (κ1) is 29.2. The predicted octanol–water partition coefficient (Wildman–Crippen LogP) is 5.61. The molecule has 10 heteroatoms. The molecule has 45 heavy (non-hydrogen) atoms. The molecule has 0 aliphatic carbocycles. The third-order valence-corrected chi connectivity index (χ3v) is 7.68. The summed E-state index contributed by atoms with van der Waals surface area (Å²) in [6, 6.07) is 27.8. The summed E-state index contributed by atoms with van der Waals surface area (Å²) in [7, 11) is 0. The average molecular weight is 602 g/mol. The number of benzene rings is 5. The van der Waals surface area contributed by atoms with E-state index in [4.69, 9.17) is 11.5 Å². The van der Waals surface area contributed by atoms with Crippen molar-refractivity contribution in [1.82, 2.24) is 4.98 Å². The lowest BCUT2D eigenvalue weighted by molar-refractivity contribution is -0.124. The minimum absolute atomic E-state index is 0.0799.